The number of nitrogens with one attached hydrogen (secondary N) is 2. The van der Waals surface area contributed by atoms with Crippen LogP contribution in [0.2, 0.25) is 0 Å². The second kappa shape index (κ2) is 7.52. The fraction of sp³-hybridized carbons (Fsp3) is 0.333. The van der Waals surface area contributed by atoms with Crippen LogP contribution in [0.5, 0.6) is 0 Å². The summed E-state index contributed by atoms with van der Waals surface area (Å²) in [5.74, 6) is 0.0818. The van der Waals surface area contributed by atoms with Crippen LogP contribution in [0.4, 0.5) is 10.8 Å². The lowest BCUT2D eigenvalue weighted by Gasteiger charge is -2.09. The van der Waals surface area contributed by atoms with E-state index in [9.17, 15) is 10.1 Å². The van der Waals surface area contributed by atoms with Gasteiger partial charge < -0.3 is 10.6 Å². The zero-order valence-corrected chi connectivity index (χ0v) is 13.2. The van der Waals surface area contributed by atoms with Crippen molar-refractivity contribution in [1.29, 1.82) is 5.26 Å². The third-order valence-corrected chi connectivity index (χ3v) is 3.64. The molecule has 2 rings (SSSR count). The van der Waals surface area contributed by atoms with Crippen LogP contribution >= 0.6 is 11.3 Å². The molecule has 2 aromatic rings. The minimum Gasteiger partial charge on any atom is -0.335 e. The smallest absolute Gasteiger partial charge is 0.221 e. The van der Waals surface area contributed by atoms with E-state index in [2.05, 4.69) is 20.8 Å². The molecule has 0 bridgehead atoms. The van der Waals surface area contributed by atoms with E-state index in [1.807, 2.05) is 50.2 Å². The molecule has 1 aromatic heterocycles. The number of benzene rings is 1. The van der Waals surface area contributed by atoms with Gasteiger partial charge >= 0.3 is 0 Å². The van der Waals surface area contributed by atoms with Gasteiger partial charge in [-0.1, -0.05) is 43.4 Å². The Balaban J connectivity index is 2.02. The highest BCUT2D eigenvalue weighted by Crippen LogP contribution is 2.24. The summed E-state index contributed by atoms with van der Waals surface area (Å²) in [6.07, 6.45) is 0.381. The van der Waals surface area contributed by atoms with E-state index < -0.39 is 6.04 Å². The molecule has 2 N–H and O–H groups in total. The zero-order chi connectivity index (χ0) is 15.9. The van der Waals surface area contributed by atoms with Crippen molar-refractivity contribution >= 4 is 28.1 Å². The normalized spacial score (nSPS) is 11.7. The first kappa shape index (κ1) is 15.9. The standard InChI is InChI=1S/C15H17N5OS/c1-10(2)8-13(21)18-12(9-16)14-19-20-15(22-14)17-11-6-4-3-5-7-11/h3-7,10,12H,8H2,1-2H3,(H,17,20)(H,18,21)/t12-/m0/s1. The molecule has 22 heavy (non-hydrogen) atoms. The minimum absolute atomic E-state index is 0.158. The second-order valence-corrected chi connectivity index (χ2v) is 6.17. The highest BCUT2D eigenvalue weighted by molar-refractivity contribution is 7.15. The van der Waals surface area contributed by atoms with Crippen LogP contribution in [0.3, 0.4) is 0 Å². The van der Waals surface area contributed by atoms with Crippen LogP contribution in [-0.2, 0) is 4.79 Å². The monoisotopic (exact) mass is 315 g/mol. The van der Waals surface area contributed by atoms with Gasteiger partial charge in [-0.15, -0.1) is 10.2 Å². The molecule has 0 saturated carbocycles. The van der Waals surface area contributed by atoms with Gasteiger partial charge in [0.2, 0.25) is 11.0 Å². The summed E-state index contributed by atoms with van der Waals surface area (Å²) in [5, 5.41) is 24.0. The zero-order valence-electron chi connectivity index (χ0n) is 12.4. The summed E-state index contributed by atoms with van der Waals surface area (Å²) >= 11 is 1.25. The van der Waals surface area contributed by atoms with Crippen molar-refractivity contribution < 1.29 is 4.79 Å². The summed E-state index contributed by atoms with van der Waals surface area (Å²) in [5.41, 5.74) is 0.891. The Bertz CT molecular complexity index is 662. The molecule has 0 spiro atoms. The minimum atomic E-state index is -0.768. The lowest BCUT2D eigenvalue weighted by molar-refractivity contribution is -0.122. The van der Waals surface area contributed by atoms with Crippen molar-refractivity contribution in [3.8, 4) is 6.07 Å². The van der Waals surface area contributed by atoms with Gasteiger partial charge in [0.05, 0.1) is 6.07 Å². The molecule has 114 valence electrons. The Kier molecular flexibility index (Phi) is 5.44. The fourth-order valence-electron chi connectivity index (χ4n) is 1.79. The van der Waals surface area contributed by atoms with Crippen LogP contribution in [0.1, 0.15) is 31.3 Å². The van der Waals surface area contributed by atoms with Crippen LogP contribution in [0.25, 0.3) is 0 Å². The van der Waals surface area contributed by atoms with Crippen LogP contribution in [0, 0.1) is 17.2 Å². The van der Waals surface area contributed by atoms with Crippen molar-refractivity contribution in [3.05, 3.63) is 35.3 Å². The average molecular weight is 315 g/mol. The molecular formula is C15H17N5OS. The van der Waals surface area contributed by atoms with Gasteiger partial charge in [0.1, 0.15) is 0 Å². The summed E-state index contributed by atoms with van der Waals surface area (Å²) in [4.78, 5) is 11.8. The van der Waals surface area contributed by atoms with Gasteiger partial charge in [-0.3, -0.25) is 4.79 Å². The van der Waals surface area contributed by atoms with Crippen molar-refractivity contribution in [2.45, 2.75) is 26.3 Å². The van der Waals surface area contributed by atoms with Gasteiger partial charge in [-0.05, 0) is 18.1 Å². The second-order valence-electron chi connectivity index (χ2n) is 5.16. The molecule has 1 heterocycles. The molecule has 1 aromatic carbocycles. The Morgan fingerprint density at radius 1 is 1.32 bits per heavy atom. The number of hydrogen-bond acceptors (Lipinski definition) is 6. The lowest BCUT2D eigenvalue weighted by atomic mass is 10.1. The largest absolute Gasteiger partial charge is 0.335 e. The van der Waals surface area contributed by atoms with E-state index in [-0.39, 0.29) is 11.8 Å². The number of hydrogen-bond donors (Lipinski definition) is 2. The van der Waals surface area contributed by atoms with Crippen molar-refractivity contribution in [2.75, 3.05) is 5.32 Å². The number of nitriles is 1. The van der Waals surface area contributed by atoms with Crippen molar-refractivity contribution in [1.82, 2.24) is 15.5 Å². The number of amides is 1. The average Bonchev–Trinajstić information content (AvgIpc) is 2.93. The van der Waals surface area contributed by atoms with E-state index in [0.717, 1.165) is 5.69 Å². The molecule has 0 fully saturated rings. The van der Waals surface area contributed by atoms with E-state index in [1.165, 1.54) is 11.3 Å². The Labute approximate surface area is 133 Å². The SMILES string of the molecule is CC(C)CC(=O)N[C@@H](C#N)c1nnc(Nc2ccccc2)s1. The molecule has 0 aliphatic heterocycles. The molecule has 6 nitrogen and oxygen atoms in total. The van der Waals surface area contributed by atoms with Gasteiger partial charge in [0.15, 0.2) is 11.0 Å². The van der Waals surface area contributed by atoms with Crippen LogP contribution in [0.15, 0.2) is 30.3 Å². The third-order valence-electron chi connectivity index (χ3n) is 2.74. The molecule has 0 unspecified atom stereocenters. The highest BCUT2D eigenvalue weighted by atomic mass is 32.1. The van der Waals surface area contributed by atoms with Gasteiger partial charge in [0, 0.05) is 12.1 Å². The number of carbonyl (C=O) groups excluding carboxylic acids is 1. The third kappa shape index (κ3) is 4.53. The quantitative estimate of drug-likeness (QED) is 0.855. The molecule has 7 heteroatoms. The van der Waals surface area contributed by atoms with Crippen LogP contribution in [-0.4, -0.2) is 16.1 Å². The van der Waals surface area contributed by atoms with Gasteiger partial charge in [-0.2, -0.15) is 5.26 Å². The predicted octanol–water partition coefficient (Wildman–Crippen LogP) is 3.01. The fourth-order valence-corrected chi connectivity index (χ4v) is 2.55. The van der Waals surface area contributed by atoms with Crippen LogP contribution < -0.4 is 10.6 Å². The number of rotatable bonds is 6. The number of para-hydroxylation sites is 1. The summed E-state index contributed by atoms with van der Waals surface area (Å²) < 4.78 is 0. The maximum absolute atomic E-state index is 11.8. The topological polar surface area (TPSA) is 90.7 Å². The first-order chi connectivity index (χ1) is 10.6. The number of aromatic nitrogens is 2. The Hall–Kier alpha value is -2.46. The predicted molar refractivity (Wildman–Crippen MR) is 85.6 cm³/mol. The van der Waals surface area contributed by atoms with E-state index in [1.54, 1.807) is 0 Å². The summed E-state index contributed by atoms with van der Waals surface area (Å²) in [7, 11) is 0. The van der Waals surface area contributed by atoms with E-state index in [0.29, 0.717) is 16.6 Å². The molecule has 1 atom stereocenters. The molecular weight excluding hydrogens is 298 g/mol. The Morgan fingerprint density at radius 3 is 2.68 bits per heavy atom. The van der Waals surface area contributed by atoms with E-state index in [4.69, 9.17) is 0 Å². The highest BCUT2D eigenvalue weighted by Gasteiger charge is 2.19. The maximum Gasteiger partial charge on any atom is 0.221 e. The molecule has 0 radical (unpaired) electrons. The van der Waals surface area contributed by atoms with E-state index >= 15 is 0 Å². The van der Waals surface area contributed by atoms with Crippen molar-refractivity contribution in [2.24, 2.45) is 5.92 Å². The van der Waals surface area contributed by atoms with Gasteiger partial charge in [0.25, 0.3) is 0 Å². The number of nitrogens with zero attached hydrogens (tertiary/aromatic N) is 3. The van der Waals surface area contributed by atoms with Gasteiger partial charge in [-0.25, -0.2) is 0 Å². The summed E-state index contributed by atoms with van der Waals surface area (Å²) in [6, 6.07) is 10.8. The maximum atomic E-state index is 11.8. The molecule has 0 aliphatic carbocycles. The number of anilines is 2. The first-order valence-electron chi connectivity index (χ1n) is 6.93. The number of carbonyl (C=O) groups is 1. The molecule has 1 amide bonds. The lowest BCUT2D eigenvalue weighted by Crippen LogP contribution is -2.28. The first-order valence-corrected chi connectivity index (χ1v) is 7.74. The Morgan fingerprint density at radius 2 is 2.05 bits per heavy atom. The molecule has 0 saturated heterocycles. The molecule has 0 aliphatic rings. The summed E-state index contributed by atoms with van der Waals surface area (Å²) in [6.45, 7) is 3.90. The van der Waals surface area contributed by atoms with Crippen molar-refractivity contribution in [3.63, 3.8) is 0 Å².